The lowest BCUT2D eigenvalue weighted by atomic mass is 10.2. The highest BCUT2D eigenvalue weighted by atomic mass is 16.5. The second-order valence-electron chi connectivity index (χ2n) is 4.91. The molecule has 0 amide bonds. The Bertz CT molecular complexity index is 354. The van der Waals surface area contributed by atoms with Crippen LogP contribution < -0.4 is 10.1 Å². The first-order valence-electron chi connectivity index (χ1n) is 7.31. The van der Waals surface area contributed by atoms with Crippen molar-refractivity contribution in [2.24, 2.45) is 0 Å². The van der Waals surface area contributed by atoms with Gasteiger partial charge < -0.3 is 10.1 Å². The predicted octanol–water partition coefficient (Wildman–Crippen LogP) is 2.91. The minimum atomic E-state index is 0.629. The summed E-state index contributed by atoms with van der Waals surface area (Å²) < 4.78 is 5.85. The first kappa shape index (κ1) is 16.0. The highest BCUT2D eigenvalue weighted by molar-refractivity contribution is 5.28. The number of ether oxygens (including phenoxy) is 1. The van der Waals surface area contributed by atoms with E-state index >= 15 is 0 Å². The molecule has 0 bridgehead atoms. The van der Waals surface area contributed by atoms with Gasteiger partial charge in [-0.1, -0.05) is 26.0 Å². The van der Waals surface area contributed by atoms with E-state index < -0.39 is 0 Å². The molecule has 0 aromatic heterocycles. The fourth-order valence-corrected chi connectivity index (χ4v) is 2.18. The average Bonchev–Trinajstić information content (AvgIpc) is 2.44. The van der Waals surface area contributed by atoms with Crippen molar-refractivity contribution in [2.45, 2.75) is 39.8 Å². The maximum atomic E-state index is 5.85. The molecule has 0 heterocycles. The van der Waals surface area contributed by atoms with Gasteiger partial charge in [0.1, 0.15) is 12.4 Å². The molecule has 1 rings (SSSR count). The molecule has 3 nitrogen and oxygen atoms in total. The average molecular weight is 264 g/mol. The third kappa shape index (κ3) is 5.62. The van der Waals surface area contributed by atoms with Gasteiger partial charge in [-0.25, -0.2) is 0 Å². The summed E-state index contributed by atoms with van der Waals surface area (Å²) in [5, 5.41) is 3.15. The Balaban J connectivity index is 2.41. The lowest BCUT2D eigenvalue weighted by molar-refractivity contribution is 0.171. The van der Waals surface area contributed by atoms with Gasteiger partial charge in [-0.3, -0.25) is 4.90 Å². The van der Waals surface area contributed by atoms with E-state index in [-0.39, 0.29) is 0 Å². The van der Waals surface area contributed by atoms with Gasteiger partial charge >= 0.3 is 0 Å². The van der Waals surface area contributed by atoms with Crippen LogP contribution in [0.5, 0.6) is 5.75 Å². The third-order valence-corrected chi connectivity index (χ3v) is 3.55. The monoisotopic (exact) mass is 264 g/mol. The third-order valence-electron chi connectivity index (χ3n) is 3.55. The van der Waals surface area contributed by atoms with E-state index in [1.807, 2.05) is 19.2 Å². The summed E-state index contributed by atoms with van der Waals surface area (Å²) in [6.07, 6.45) is 1.19. The second-order valence-corrected chi connectivity index (χ2v) is 4.91. The molecule has 1 aromatic carbocycles. The molecule has 1 unspecified atom stereocenters. The van der Waals surface area contributed by atoms with Gasteiger partial charge in [0.2, 0.25) is 0 Å². The molecule has 0 saturated carbocycles. The normalized spacial score (nSPS) is 12.7. The minimum Gasteiger partial charge on any atom is -0.492 e. The fraction of sp³-hybridized carbons (Fsp3) is 0.625. The van der Waals surface area contributed by atoms with Crippen LogP contribution in [0.15, 0.2) is 24.3 Å². The first-order chi connectivity index (χ1) is 9.21. The van der Waals surface area contributed by atoms with Gasteiger partial charge in [0.15, 0.2) is 0 Å². The van der Waals surface area contributed by atoms with Gasteiger partial charge in [-0.2, -0.15) is 0 Å². The molecule has 3 heteroatoms. The largest absolute Gasteiger partial charge is 0.492 e. The molecule has 1 N–H and O–H groups in total. The van der Waals surface area contributed by atoms with Crippen LogP contribution in [0.4, 0.5) is 0 Å². The number of rotatable bonds is 9. The van der Waals surface area contributed by atoms with Gasteiger partial charge in [0.25, 0.3) is 0 Å². The molecule has 0 spiro atoms. The summed E-state index contributed by atoms with van der Waals surface area (Å²) in [7, 11) is 1.96. The highest BCUT2D eigenvalue weighted by Gasteiger charge is 2.09. The quantitative estimate of drug-likeness (QED) is 0.742. The summed E-state index contributed by atoms with van der Waals surface area (Å²) in [6.45, 7) is 10.4. The van der Waals surface area contributed by atoms with E-state index in [2.05, 4.69) is 43.1 Å². The van der Waals surface area contributed by atoms with Crippen molar-refractivity contribution in [3.63, 3.8) is 0 Å². The molecule has 1 atom stereocenters. The molecule has 0 aliphatic heterocycles. The molecular formula is C16H28N2O. The summed E-state index contributed by atoms with van der Waals surface area (Å²) in [4.78, 5) is 2.46. The summed E-state index contributed by atoms with van der Waals surface area (Å²) in [5.74, 6) is 0.966. The molecule has 1 aromatic rings. The van der Waals surface area contributed by atoms with Gasteiger partial charge in [0, 0.05) is 19.1 Å². The van der Waals surface area contributed by atoms with E-state index in [1.54, 1.807) is 0 Å². The molecule has 0 saturated heterocycles. The van der Waals surface area contributed by atoms with Crippen LogP contribution in [0, 0.1) is 0 Å². The van der Waals surface area contributed by atoms with Crippen LogP contribution in [0.25, 0.3) is 0 Å². The van der Waals surface area contributed by atoms with E-state index in [9.17, 15) is 0 Å². The fourth-order valence-electron chi connectivity index (χ4n) is 2.18. The maximum Gasteiger partial charge on any atom is 0.119 e. The standard InChI is InChI=1S/C16H28N2O/c1-5-14(3)18(6-2)10-11-19-16-9-7-8-15(12-16)13-17-4/h7-9,12,14,17H,5-6,10-11,13H2,1-4H3. The van der Waals surface area contributed by atoms with E-state index in [0.29, 0.717) is 6.04 Å². The van der Waals surface area contributed by atoms with Crippen molar-refractivity contribution in [1.29, 1.82) is 0 Å². The smallest absolute Gasteiger partial charge is 0.119 e. The van der Waals surface area contributed by atoms with Gasteiger partial charge in [-0.05, 0) is 44.6 Å². The number of hydrogen-bond donors (Lipinski definition) is 1. The Labute approximate surface area is 118 Å². The zero-order chi connectivity index (χ0) is 14.1. The van der Waals surface area contributed by atoms with Crippen LogP contribution >= 0.6 is 0 Å². The zero-order valence-corrected chi connectivity index (χ0v) is 12.8. The lowest BCUT2D eigenvalue weighted by Crippen LogP contribution is -2.35. The summed E-state index contributed by atoms with van der Waals surface area (Å²) >= 11 is 0. The van der Waals surface area contributed by atoms with Crippen LogP contribution in [0.1, 0.15) is 32.8 Å². The van der Waals surface area contributed by atoms with Crippen LogP contribution in [0.2, 0.25) is 0 Å². The van der Waals surface area contributed by atoms with E-state index in [1.165, 1.54) is 12.0 Å². The van der Waals surface area contributed by atoms with Crippen molar-refractivity contribution < 1.29 is 4.74 Å². The number of hydrogen-bond acceptors (Lipinski definition) is 3. The second kappa shape index (κ2) is 8.94. The number of nitrogens with one attached hydrogen (secondary N) is 1. The Kier molecular flexibility index (Phi) is 7.53. The van der Waals surface area contributed by atoms with Crippen LogP contribution in [-0.2, 0) is 6.54 Å². The van der Waals surface area contributed by atoms with E-state index in [4.69, 9.17) is 4.74 Å². The van der Waals surface area contributed by atoms with Crippen molar-refractivity contribution in [1.82, 2.24) is 10.2 Å². The Hall–Kier alpha value is -1.06. The maximum absolute atomic E-state index is 5.85. The number of likely N-dealkylation sites (N-methyl/N-ethyl adjacent to an activating group) is 1. The number of benzene rings is 1. The Morgan fingerprint density at radius 2 is 2.11 bits per heavy atom. The van der Waals surface area contributed by atoms with Gasteiger partial charge in [0.05, 0.1) is 0 Å². The van der Waals surface area contributed by atoms with E-state index in [0.717, 1.165) is 32.0 Å². The molecule has 0 radical (unpaired) electrons. The van der Waals surface area contributed by atoms with Crippen molar-refractivity contribution in [3.05, 3.63) is 29.8 Å². The molecule has 0 aliphatic carbocycles. The van der Waals surface area contributed by atoms with Gasteiger partial charge in [-0.15, -0.1) is 0 Å². The molecular weight excluding hydrogens is 236 g/mol. The zero-order valence-electron chi connectivity index (χ0n) is 12.8. The van der Waals surface area contributed by atoms with Crippen LogP contribution in [0.3, 0.4) is 0 Å². The SMILES string of the molecule is CCC(C)N(CC)CCOc1cccc(CNC)c1. The molecule has 108 valence electrons. The minimum absolute atomic E-state index is 0.629. The number of nitrogens with zero attached hydrogens (tertiary/aromatic N) is 1. The molecule has 19 heavy (non-hydrogen) atoms. The van der Waals surface area contributed by atoms with Crippen LogP contribution in [-0.4, -0.2) is 37.7 Å². The molecule has 0 aliphatic rings. The first-order valence-corrected chi connectivity index (χ1v) is 7.31. The molecule has 0 fully saturated rings. The van der Waals surface area contributed by atoms with Crippen molar-refractivity contribution >= 4 is 0 Å². The van der Waals surface area contributed by atoms with Crippen molar-refractivity contribution in [2.75, 3.05) is 26.7 Å². The summed E-state index contributed by atoms with van der Waals surface area (Å²) in [6, 6.07) is 8.92. The topological polar surface area (TPSA) is 24.5 Å². The Morgan fingerprint density at radius 1 is 1.32 bits per heavy atom. The summed E-state index contributed by atoms with van der Waals surface area (Å²) in [5.41, 5.74) is 1.26. The Morgan fingerprint density at radius 3 is 2.74 bits per heavy atom. The predicted molar refractivity (Wildman–Crippen MR) is 81.7 cm³/mol. The highest BCUT2D eigenvalue weighted by Crippen LogP contribution is 2.13. The van der Waals surface area contributed by atoms with Crippen molar-refractivity contribution in [3.8, 4) is 5.75 Å². The lowest BCUT2D eigenvalue weighted by Gasteiger charge is -2.26.